The summed E-state index contributed by atoms with van der Waals surface area (Å²) in [4.78, 5) is 10.1. The summed E-state index contributed by atoms with van der Waals surface area (Å²) in [5, 5.41) is 2.32. The fourth-order valence-electron chi connectivity index (χ4n) is 5.01. The molecule has 0 fully saturated rings. The molecule has 3 aromatic heterocycles. The molecular formula is C31H32BrN3. The Morgan fingerprint density at radius 3 is 2.06 bits per heavy atom. The van der Waals surface area contributed by atoms with E-state index in [1.54, 1.807) is 0 Å². The lowest BCUT2D eigenvalue weighted by molar-refractivity contribution is 0.806. The molecule has 4 heteroatoms. The van der Waals surface area contributed by atoms with Gasteiger partial charge in [-0.15, -0.1) is 0 Å². The largest absolute Gasteiger partial charge is 0.278 e. The molecule has 0 saturated carbocycles. The second-order valence-corrected chi connectivity index (χ2v) is 11.2. The van der Waals surface area contributed by atoms with E-state index in [-0.39, 0.29) is 0 Å². The predicted octanol–water partition coefficient (Wildman–Crippen LogP) is 9.37. The van der Waals surface area contributed by atoms with Gasteiger partial charge in [0.1, 0.15) is 11.5 Å². The zero-order valence-corrected chi connectivity index (χ0v) is 22.9. The van der Waals surface area contributed by atoms with Crippen LogP contribution >= 0.6 is 15.9 Å². The second kappa shape index (κ2) is 9.23. The highest BCUT2D eigenvalue weighted by Gasteiger charge is 2.21. The average Bonchev–Trinajstić information content (AvgIpc) is 3.17. The first-order chi connectivity index (χ1) is 16.8. The minimum absolute atomic E-state index is 0.389. The van der Waals surface area contributed by atoms with E-state index in [2.05, 4.69) is 117 Å². The number of hydrogen-bond donors (Lipinski definition) is 0. The van der Waals surface area contributed by atoms with Gasteiger partial charge in [-0.3, -0.25) is 4.57 Å². The molecule has 5 rings (SSSR count). The van der Waals surface area contributed by atoms with E-state index < -0.39 is 0 Å². The fourth-order valence-corrected chi connectivity index (χ4v) is 5.43. The monoisotopic (exact) mass is 525 g/mol. The van der Waals surface area contributed by atoms with Crippen LogP contribution in [0.4, 0.5) is 0 Å². The highest BCUT2D eigenvalue weighted by Crippen LogP contribution is 2.40. The standard InChI is InChI=1S/C31H32BrN3/c1-18(2)21-14-25(19(3)4)30(26(15-21)20(5)6)27-16-22(32)17-29(34-27)35-28-12-8-7-10-23(28)24-11-9-13-33-31(24)35/h7-20H,1-6H3. The molecule has 0 atom stereocenters. The van der Waals surface area contributed by atoms with Crippen LogP contribution in [0.5, 0.6) is 0 Å². The molecule has 0 aliphatic rings. The number of para-hydroxylation sites is 1. The number of nitrogens with zero attached hydrogens (tertiary/aromatic N) is 3. The number of halogens is 1. The second-order valence-electron chi connectivity index (χ2n) is 10.3. The average molecular weight is 527 g/mol. The van der Waals surface area contributed by atoms with E-state index in [1.807, 2.05) is 12.3 Å². The van der Waals surface area contributed by atoms with Crippen LogP contribution < -0.4 is 0 Å². The Kier molecular flexibility index (Phi) is 6.27. The summed E-state index contributed by atoms with van der Waals surface area (Å²) in [6.45, 7) is 13.7. The Morgan fingerprint density at radius 1 is 0.743 bits per heavy atom. The number of hydrogen-bond acceptors (Lipinski definition) is 2. The Balaban J connectivity index is 1.83. The van der Waals surface area contributed by atoms with Gasteiger partial charge in [-0.2, -0.15) is 0 Å². The molecule has 0 unspecified atom stereocenters. The molecule has 3 nitrogen and oxygen atoms in total. The van der Waals surface area contributed by atoms with Gasteiger partial charge >= 0.3 is 0 Å². The van der Waals surface area contributed by atoms with Gasteiger partial charge in [0.05, 0.1) is 11.2 Å². The molecule has 178 valence electrons. The van der Waals surface area contributed by atoms with Gasteiger partial charge in [0.25, 0.3) is 0 Å². The van der Waals surface area contributed by atoms with Crippen molar-refractivity contribution in [2.45, 2.75) is 59.3 Å². The first kappa shape index (κ1) is 23.7. The zero-order chi connectivity index (χ0) is 24.9. The van der Waals surface area contributed by atoms with Crippen molar-refractivity contribution in [2.75, 3.05) is 0 Å². The maximum atomic E-state index is 5.30. The van der Waals surface area contributed by atoms with Crippen molar-refractivity contribution >= 4 is 37.9 Å². The molecule has 0 aliphatic carbocycles. The lowest BCUT2D eigenvalue weighted by Crippen LogP contribution is -2.06. The van der Waals surface area contributed by atoms with Crippen molar-refractivity contribution in [1.29, 1.82) is 0 Å². The SMILES string of the molecule is CC(C)c1cc(C(C)C)c(-c2cc(Br)cc(-n3c4ccccc4c4cccnc43)n2)c(C(C)C)c1. The molecule has 0 bridgehead atoms. The van der Waals surface area contributed by atoms with Crippen LogP contribution in [-0.4, -0.2) is 14.5 Å². The number of rotatable bonds is 5. The Bertz CT molecular complexity index is 1460. The number of aromatic nitrogens is 3. The first-order valence-corrected chi connectivity index (χ1v) is 13.3. The highest BCUT2D eigenvalue weighted by molar-refractivity contribution is 9.10. The lowest BCUT2D eigenvalue weighted by atomic mass is 9.83. The summed E-state index contributed by atoms with van der Waals surface area (Å²) in [5.74, 6) is 2.13. The van der Waals surface area contributed by atoms with Gasteiger partial charge in [0.15, 0.2) is 0 Å². The van der Waals surface area contributed by atoms with Crippen molar-refractivity contribution in [3.8, 4) is 17.1 Å². The molecule has 35 heavy (non-hydrogen) atoms. The van der Waals surface area contributed by atoms with Gasteiger partial charge in [-0.05, 0) is 64.8 Å². The first-order valence-electron chi connectivity index (χ1n) is 12.5. The van der Waals surface area contributed by atoms with Crippen LogP contribution in [-0.2, 0) is 0 Å². The molecule has 2 aromatic carbocycles. The maximum absolute atomic E-state index is 5.30. The fraction of sp³-hybridized carbons (Fsp3) is 0.290. The van der Waals surface area contributed by atoms with E-state index in [9.17, 15) is 0 Å². The van der Waals surface area contributed by atoms with Crippen LogP contribution in [0.2, 0.25) is 0 Å². The molecule has 3 heterocycles. The van der Waals surface area contributed by atoms with E-state index in [1.165, 1.54) is 27.6 Å². The lowest BCUT2D eigenvalue weighted by Gasteiger charge is -2.23. The van der Waals surface area contributed by atoms with Gasteiger partial charge in [0, 0.05) is 27.0 Å². The molecule has 0 radical (unpaired) electrons. The number of fused-ring (bicyclic) bond motifs is 3. The Hall–Kier alpha value is -2.98. The molecular weight excluding hydrogens is 494 g/mol. The van der Waals surface area contributed by atoms with E-state index in [4.69, 9.17) is 9.97 Å². The zero-order valence-electron chi connectivity index (χ0n) is 21.3. The normalized spacial score (nSPS) is 12.1. The van der Waals surface area contributed by atoms with Crippen molar-refractivity contribution in [2.24, 2.45) is 0 Å². The van der Waals surface area contributed by atoms with Crippen LogP contribution in [0.15, 0.2) is 71.3 Å². The molecule has 0 N–H and O–H groups in total. The van der Waals surface area contributed by atoms with Gasteiger partial charge in [-0.25, -0.2) is 9.97 Å². The van der Waals surface area contributed by atoms with Crippen molar-refractivity contribution < 1.29 is 0 Å². The van der Waals surface area contributed by atoms with E-state index >= 15 is 0 Å². The topological polar surface area (TPSA) is 30.7 Å². The van der Waals surface area contributed by atoms with Crippen LogP contribution in [0, 0.1) is 0 Å². The van der Waals surface area contributed by atoms with Crippen molar-refractivity contribution in [3.05, 3.63) is 88.0 Å². The summed E-state index contributed by atoms with van der Waals surface area (Å²) >= 11 is 3.81. The number of pyridine rings is 2. The Morgan fingerprint density at radius 2 is 1.40 bits per heavy atom. The predicted molar refractivity (Wildman–Crippen MR) is 152 cm³/mol. The quantitative estimate of drug-likeness (QED) is 0.228. The van der Waals surface area contributed by atoms with E-state index in [0.29, 0.717) is 17.8 Å². The molecule has 0 spiro atoms. The van der Waals surface area contributed by atoms with Crippen LogP contribution in [0.25, 0.3) is 39.0 Å². The maximum Gasteiger partial charge on any atom is 0.146 e. The smallest absolute Gasteiger partial charge is 0.146 e. The third-order valence-electron chi connectivity index (χ3n) is 6.83. The summed E-state index contributed by atoms with van der Waals surface area (Å²) in [5.41, 5.74) is 8.40. The number of benzene rings is 2. The Labute approximate surface area is 216 Å². The summed E-state index contributed by atoms with van der Waals surface area (Å²) in [7, 11) is 0. The highest BCUT2D eigenvalue weighted by atomic mass is 79.9. The molecule has 0 saturated heterocycles. The van der Waals surface area contributed by atoms with Crippen LogP contribution in [0.3, 0.4) is 0 Å². The van der Waals surface area contributed by atoms with Crippen LogP contribution in [0.1, 0.15) is 76.0 Å². The minimum atomic E-state index is 0.389. The molecule has 0 aliphatic heterocycles. The van der Waals surface area contributed by atoms with Crippen molar-refractivity contribution in [3.63, 3.8) is 0 Å². The molecule has 0 amide bonds. The minimum Gasteiger partial charge on any atom is -0.278 e. The van der Waals surface area contributed by atoms with Gasteiger partial charge in [0.2, 0.25) is 0 Å². The third kappa shape index (κ3) is 4.18. The van der Waals surface area contributed by atoms with Gasteiger partial charge < -0.3 is 0 Å². The summed E-state index contributed by atoms with van der Waals surface area (Å²) in [6.07, 6.45) is 1.86. The molecule has 5 aromatic rings. The van der Waals surface area contributed by atoms with Crippen molar-refractivity contribution in [1.82, 2.24) is 14.5 Å². The summed E-state index contributed by atoms with van der Waals surface area (Å²) < 4.78 is 3.20. The van der Waals surface area contributed by atoms with Gasteiger partial charge in [-0.1, -0.05) is 87.8 Å². The summed E-state index contributed by atoms with van der Waals surface area (Å²) in [6, 6.07) is 21.6. The van der Waals surface area contributed by atoms with E-state index in [0.717, 1.165) is 32.5 Å². The third-order valence-corrected chi connectivity index (χ3v) is 7.29.